The summed E-state index contributed by atoms with van der Waals surface area (Å²) in [6, 6.07) is 5.84. The zero-order valence-electron chi connectivity index (χ0n) is 8.75. The van der Waals surface area contributed by atoms with E-state index < -0.39 is 24.9 Å². The minimum atomic E-state index is -4.33. The lowest BCUT2D eigenvalue weighted by atomic mass is 10.2. The molecule has 0 aromatic heterocycles. The highest BCUT2D eigenvalue weighted by molar-refractivity contribution is 5.91. The van der Waals surface area contributed by atoms with Crippen molar-refractivity contribution >= 4 is 17.9 Å². The van der Waals surface area contributed by atoms with E-state index >= 15 is 0 Å². The van der Waals surface area contributed by atoms with Crippen LogP contribution >= 0.6 is 0 Å². The Kier molecular flexibility index (Phi) is 4.25. The average molecular weight is 245 g/mol. The topological polar surface area (TPSA) is 46.2 Å². The monoisotopic (exact) mass is 245 g/mol. The minimum absolute atomic E-state index is 0.364. The van der Waals surface area contributed by atoms with Gasteiger partial charge in [0.2, 0.25) is 5.91 Å². The number of anilines is 1. The fourth-order valence-corrected chi connectivity index (χ4v) is 1.12. The molecule has 0 saturated heterocycles. The van der Waals surface area contributed by atoms with Crippen LogP contribution in [0.4, 0.5) is 18.9 Å². The maximum atomic E-state index is 11.8. The van der Waals surface area contributed by atoms with Crippen molar-refractivity contribution in [2.75, 3.05) is 5.32 Å². The number of carbonyl (C=O) groups is 2. The van der Waals surface area contributed by atoms with E-state index in [1.54, 1.807) is 0 Å². The average Bonchev–Trinajstić information content (AvgIpc) is 2.27. The van der Waals surface area contributed by atoms with Gasteiger partial charge in [0.05, 0.1) is 6.42 Å². The van der Waals surface area contributed by atoms with Gasteiger partial charge < -0.3 is 5.32 Å². The highest BCUT2D eigenvalue weighted by Gasteiger charge is 2.27. The molecule has 0 radical (unpaired) electrons. The van der Waals surface area contributed by atoms with Crippen LogP contribution in [0.5, 0.6) is 0 Å². The van der Waals surface area contributed by atoms with E-state index in [4.69, 9.17) is 0 Å². The molecular weight excluding hydrogens is 235 g/mol. The number of carbonyl (C=O) groups excluding carboxylic acids is 2. The third kappa shape index (κ3) is 5.14. The predicted octanol–water partition coefficient (Wildman–Crippen LogP) is 2.78. The second-order valence-corrected chi connectivity index (χ2v) is 3.40. The third-order valence-corrected chi connectivity index (χ3v) is 1.97. The molecule has 1 amide bonds. The lowest BCUT2D eigenvalue weighted by Crippen LogP contribution is -2.16. The molecule has 3 nitrogen and oxygen atoms in total. The predicted molar refractivity (Wildman–Crippen MR) is 55.7 cm³/mol. The summed E-state index contributed by atoms with van der Waals surface area (Å²) in [6.45, 7) is 0. The molecule has 0 aliphatic heterocycles. The summed E-state index contributed by atoms with van der Waals surface area (Å²) in [4.78, 5) is 21.5. The van der Waals surface area contributed by atoms with Crippen molar-refractivity contribution in [2.24, 2.45) is 0 Å². The van der Waals surface area contributed by atoms with Crippen LogP contribution in [0.2, 0.25) is 0 Å². The lowest BCUT2D eigenvalue weighted by Gasteiger charge is -2.07. The maximum absolute atomic E-state index is 11.8. The van der Waals surface area contributed by atoms with Crippen molar-refractivity contribution in [3.8, 4) is 0 Å². The maximum Gasteiger partial charge on any atom is 0.389 e. The first-order valence-corrected chi connectivity index (χ1v) is 4.82. The highest BCUT2D eigenvalue weighted by Crippen LogP contribution is 2.21. The number of amides is 1. The van der Waals surface area contributed by atoms with E-state index in [1.807, 2.05) is 0 Å². The Morgan fingerprint density at radius 2 is 1.82 bits per heavy atom. The number of aldehydes is 1. The molecule has 0 aliphatic rings. The number of benzene rings is 1. The Hall–Kier alpha value is -1.85. The Labute approximate surface area is 95.6 Å². The standard InChI is InChI=1S/C11H10F3NO2/c12-11(13,14)6-5-10(17)15-9-3-1-8(7-16)2-4-9/h1-4,7H,5-6H2,(H,15,17). The van der Waals surface area contributed by atoms with Gasteiger partial charge in [0.15, 0.2) is 0 Å². The summed E-state index contributed by atoms with van der Waals surface area (Å²) in [7, 11) is 0. The van der Waals surface area contributed by atoms with Crippen molar-refractivity contribution in [3.05, 3.63) is 29.8 Å². The summed E-state index contributed by atoms with van der Waals surface area (Å²) in [5.74, 6) is -0.707. The Morgan fingerprint density at radius 1 is 1.24 bits per heavy atom. The smallest absolute Gasteiger partial charge is 0.326 e. The largest absolute Gasteiger partial charge is 0.389 e. The molecule has 0 spiro atoms. The zero-order chi connectivity index (χ0) is 12.9. The van der Waals surface area contributed by atoms with Crippen LogP contribution in [0.3, 0.4) is 0 Å². The van der Waals surface area contributed by atoms with Crippen molar-refractivity contribution in [2.45, 2.75) is 19.0 Å². The second kappa shape index (κ2) is 5.47. The number of halogens is 3. The Bertz CT molecular complexity index is 398. The molecule has 92 valence electrons. The number of hydrogen-bond donors (Lipinski definition) is 1. The number of rotatable bonds is 4. The Balaban J connectivity index is 2.47. The van der Waals surface area contributed by atoms with Gasteiger partial charge in [-0.3, -0.25) is 9.59 Å². The van der Waals surface area contributed by atoms with Crippen LogP contribution in [-0.2, 0) is 4.79 Å². The molecule has 0 heterocycles. The molecule has 1 aromatic rings. The van der Waals surface area contributed by atoms with Crippen LogP contribution in [-0.4, -0.2) is 18.4 Å². The molecular formula is C11H10F3NO2. The van der Waals surface area contributed by atoms with Crippen LogP contribution in [0.15, 0.2) is 24.3 Å². The van der Waals surface area contributed by atoms with Crippen LogP contribution in [0.25, 0.3) is 0 Å². The van der Waals surface area contributed by atoms with Gasteiger partial charge in [-0.05, 0) is 24.3 Å². The molecule has 0 atom stereocenters. The van der Waals surface area contributed by atoms with Gasteiger partial charge in [-0.15, -0.1) is 0 Å². The molecule has 1 N–H and O–H groups in total. The third-order valence-electron chi connectivity index (χ3n) is 1.97. The van der Waals surface area contributed by atoms with Gasteiger partial charge >= 0.3 is 6.18 Å². The highest BCUT2D eigenvalue weighted by atomic mass is 19.4. The van der Waals surface area contributed by atoms with Crippen LogP contribution in [0.1, 0.15) is 23.2 Å². The van der Waals surface area contributed by atoms with Gasteiger partial charge in [0, 0.05) is 17.7 Å². The van der Waals surface area contributed by atoms with Crippen LogP contribution in [0, 0.1) is 0 Å². The second-order valence-electron chi connectivity index (χ2n) is 3.40. The van der Waals surface area contributed by atoms with Crippen LogP contribution < -0.4 is 5.32 Å². The minimum Gasteiger partial charge on any atom is -0.326 e. The van der Waals surface area contributed by atoms with E-state index in [0.717, 1.165) is 0 Å². The molecule has 17 heavy (non-hydrogen) atoms. The number of hydrogen-bond acceptors (Lipinski definition) is 2. The first-order valence-electron chi connectivity index (χ1n) is 4.82. The fourth-order valence-electron chi connectivity index (χ4n) is 1.12. The van der Waals surface area contributed by atoms with E-state index in [-0.39, 0.29) is 0 Å². The quantitative estimate of drug-likeness (QED) is 0.829. The van der Waals surface area contributed by atoms with Gasteiger partial charge in [0.1, 0.15) is 6.29 Å². The Morgan fingerprint density at radius 3 is 2.29 bits per heavy atom. The lowest BCUT2D eigenvalue weighted by molar-refractivity contribution is -0.142. The molecule has 0 fully saturated rings. The van der Waals surface area contributed by atoms with Gasteiger partial charge in [-0.2, -0.15) is 13.2 Å². The molecule has 0 aliphatic carbocycles. The summed E-state index contributed by atoms with van der Waals surface area (Å²) < 4.78 is 35.5. The van der Waals surface area contributed by atoms with E-state index in [2.05, 4.69) is 5.32 Å². The van der Waals surface area contributed by atoms with E-state index in [0.29, 0.717) is 17.5 Å². The summed E-state index contributed by atoms with van der Waals surface area (Å²) in [5.41, 5.74) is 0.793. The molecule has 0 unspecified atom stereocenters. The van der Waals surface area contributed by atoms with Crippen molar-refractivity contribution in [3.63, 3.8) is 0 Å². The van der Waals surface area contributed by atoms with E-state index in [9.17, 15) is 22.8 Å². The molecule has 1 aromatic carbocycles. The normalized spacial score (nSPS) is 11.0. The number of nitrogens with one attached hydrogen (secondary N) is 1. The van der Waals surface area contributed by atoms with Crippen molar-refractivity contribution in [1.29, 1.82) is 0 Å². The van der Waals surface area contributed by atoms with Gasteiger partial charge in [0.25, 0.3) is 0 Å². The van der Waals surface area contributed by atoms with Gasteiger partial charge in [-0.1, -0.05) is 0 Å². The summed E-state index contributed by atoms with van der Waals surface area (Å²) in [5, 5.41) is 2.31. The van der Waals surface area contributed by atoms with Gasteiger partial charge in [-0.25, -0.2) is 0 Å². The number of alkyl halides is 3. The molecule has 6 heteroatoms. The fraction of sp³-hybridized carbons (Fsp3) is 0.273. The summed E-state index contributed by atoms with van der Waals surface area (Å²) in [6.07, 6.45) is -5.46. The first kappa shape index (κ1) is 13.2. The van der Waals surface area contributed by atoms with E-state index in [1.165, 1.54) is 24.3 Å². The summed E-state index contributed by atoms with van der Waals surface area (Å²) >= 11 is 0. The SMILES string of the molecule is O=Cc1ccc(NC(=O)CCC(F)(F)F)cc1. The first-order chi connectivity index (χ1) is 7.90. The molecule has 0 bridgehead atoms. The van der Waals surface area contributed by atoms with Crippen molar-refractivity contribution in [1.82, 2.24) is 0 Å². The van der Waals surface area contributed by atoms with Crippen molar-refractivity contribution < 1.29 is 22.8 Å². The molecule has 1 rings (SSSR count). The molecule has 0 saturated carbocycles. The zero-order valence-corrected chi connectivity index (χ0v) is 8.75.